The summed E-state index contributed by atoms with van der Waals surface area (Å²) in [5.74, 6) is 0.138. The van der Waals surface area contributed by atoms with E-state index in [1.54, 1.807) is 29.2 Å². The Labute approximate surface area is 391 Å². The number of nitro benzene ring substituents is 1. The molecule has 0 radical (unpaired) electrons. The number of hydrogen-bond acceptors (Lipinski definition) is 14. The van der Waals surface area contributed by atoms with Crippen molar-refractivity contribution in [2.45, 2.75) is 82.3 Å². The summed E-state index contributed by atoms with van der Waals surface area (Å²) in [7, 11) is 0. The number of carbonyl (C=O) groups is 1. The molecule has 2 fully saturated rings. The van der Waals surface area contributed by atoms with E-state index in [2.05, 4.69) is 30.2 Å². The SMILES string of the molecule is C=CCCOC(=O)N(Cc1ccc2c(c1)OCO2)C1CC(=NOCc2ccc([N+](=O)[O-])cc2)C2=CC(CCCCO)C(CCCCO)C3c4cc(OCCN5CC5)ccc4OC1(OCC=C)C23. The molecule has 0 spiro atoms. The summed E-state index contributed by atoms with van der Waals surface area (Å²) in [6, 6.07) is 16.8. The molecule has 358 valence electrons. The highest BCUT2D eigenvalue weighted by atomic mass is 16.7. The van der Waals surface area contributed by atoms with E-state index in [4.69, 9.17) is 38.4 Å². The Hall–Kier alpha value is -5.94. The Morgan fingerprint density at radius 3 is 2.45 bits per heavy atom. The van der Waals surface area contributed by atoms with Crippen molar-refractivity contribution in [2.75, 3.05) is 59.5 Å². The minimum Gasteiger partial charge on any atom is -0.492 e. The number of aliphatic hydroxyl groups excluding tert-OH is 2. The van der Waals surface area contributed by atoms with Crippen molar-refractivity contribution in [2.24, 2.45) is 22.9 Å². The second-order valence-corrected chi connectivity index (χ2v) is 17.7. The quantitative estimate of drug-likeness (QED) is 0.0274. The van der Waals surface area contributed by atoms with Gasteiger partial charge in [-0.25, -0.2) is 4.79 Å². The second kappa shape index (κ2) is 22.2. The molecule has 6 unspecified atom stereocenters. The van der Waals surface area contributed by atoms with Gasteiger partial charge in [0.05, 0.1) is 29.8 Å². The van der Waals surface area contributed by atoms with Gasteiger partial charge in [0.1, 0.15) is 30.8 Å². The number of fused-ring (bicyclic) bond motifs is 3. The molecule has 6 atom stereocenters. The van der Waals surface area contributed by atoms with Crippen LogP contribution in [0, 0.1) is 27.9 Å². The minimum atomic E-state index is -1.53. The molecule has 3 aromatic rings. The summed E-state index contributed by atoms with van der Waals surface area (Å²) in [6.07, 6.45) is 9.98. The molecule has 1 saturated heterocycles. The zero-order chi connectivity index (χ0) is 46.8. The molecular formula is C51H62N4O12. The molecule has 3 heterocycles. The molecule has 1 amide bonds. The third-order valence-electron chi connectivity index (χ3n) is 13.4. The van der Waals surface area contributed by atoms with Crippen LogP contribution in [0.2, 0.25) is 0 Å². The zero-order valence-electron chi connectivity index (χ0n) is 38.0. The number of amides is 1. The van der Waals surface area contributed by atoms with Gasteiger partial charge in [0.2, 0.25) is 12.6 Å². The van der Waals surface area contributed by atoms with E-state index in [9.17, 15) is 25.1 Å². The van der Waals surface area contributed by atoms with Crippen molar-refractivity contribution in [3.8, 4) is 23.0 Å². The number of unbranched alkanes of at least 4 members (excludes halogenated alkanes) is 2. The Bertz CT molecular complexity index is 2280. The number of non-ortho nitro benzene ring substituents is 1. The lowest BCUT2D eigenvalue weighted by molar-refractivity contribution is -0.384. The van der Waals surface area contributed by atoms with Gasteiger partial charge in [0.15, 0.2) is 11.5 Å². The van der Waals surface area contributed by atoms with Crippen LogP contribution in [0.25, 0.3) is 0 Å². The number of ether oxygens (including phenoxy) is 6. The molecule has 1 saturated carbocycles. The fourth-order valence-corrected chi connectivity index (χ4v) is 10.1. The number of rotatable bonds is 25. The van der Waals surface area contributed by atoms with E-state index in [-0.39, 0.29) is 76.2 Å². The highest BCUT2D eigenvalue weighted by molar-refractivity contribution is 6.03. The molecular weight excluding hydrogens is 861 g/mol. The van der Waals surface area contributed by atoms with E-state index in [1.165, 1.54) is 12.1 Å². The lowest BCUT2D eigenvalue weighted by Gasteiger charge is -2.59. The summed E-state index contributed by atoms with van der Waals surface area (Å²) in [6.45, 7) is 11.9. The van der Waals surface area contributed by atoms with E-state index in [0.717, 1.165) is 62.0 Å². The molecule has 2 N–H and O–H groups in total. The van der Waals surface area contributed by atoms with Gasteiger partial charge in [-0.2, -0.15) is 0 Å². The van der Waals surface area contributed by atoms with E-state index in [1.807, 2.05) is 30.3 Å². The molecule has 3 aliphatic heterocycles. The van der Waals surface area contributed by atoms with Crippen LogP contribution < -0.4 is 18.9 Å². The van der Waals surface area contributed by atoms with E-state index >= 15 is 0 Å². The molecule has 0 aromatic heterocycles. The van der Waals surface area contributed by atoms with Crippen molar-refractivity contribution in [1.82, 2.24) is 9.80 Å². The van der Waals surface area contributed by atoms with Crippen LogP contribution in [-0.2, 0) is 27.5 Å². The van der Waals surface area contributed by atoms with Gasteiger partial charge < -0.3 is 43.5 Å². The third kappa shape index (κ3) is 10.9. The number of nitro groups is 1. The van der Waals surface area contributed by atoms with Crippen LogP contribution in [0.15, 0.2) is 103 Å². The first-order chi connectivity index (χ1) is 32.8. The maximum Gasteiger partial charge on any atom is 0.410 e. The van der Waals surface area contributed by atoms with Crippen molar-refractivity contribution in [3.05, 3.63) is 124 Å². The molecule has 5 aliphatic rings. The summed E-state index contributed by atoms with van der Waals surface area (Å²) in [4.78, 5) is 36.0. The molecule has 16 heteroatoms. The summed E-state index contributed by atoms with van der Waals surface area (Å²) >= 11 is 0. The Morgan fingerprint density at radius 2 is 1.70 bits per heavy atom. The fourth-order valence-electron chi connectivity index (χ4n) is 10.1. The Kier molecular flexibility index (Phi) is 15.8. The van der Waals surface area contributed by atoms with Crippen molar-refractivity contribution in [3.63, 3.8) is 0 Å². The second-order valence-electron chi connectivity index (χ2n) is 17.7. The molecule has 3 aromatic carbocycles. The average molecular weight is 923 g/mol. The van der Waals surface area contributed by atoms with Crippen LogP contribution in [0.5, 0.6) is 23.0 Å². The molecule has 0 bridgehead atoms. The van der Waals surface area contributed by atoms with Gasteiger partial charge in [-0.05, 0) is 103 Å². The van der Waals surface area contributed by atoms with Crippen LogP contribution in [-0.4, -0.2) is 108 Å². The average Bonchev–Trinajstić information content (AvgIpc) is 4.05. The Balaban J connectivity index is 1.30. The molecule has 8 rings (SSSR count). The topological polar surface area (TPSA) is 184 Å². The van der Waals surface area contributed by atoms with Crippen molar-refractivity contribution >= 4 is 17.5 Å². The fraction of sp³-hybridized carbons (Fsp3) is 0.490. The number of allylic oxidation sites excluding steroid dienone is 1. The first-order valence-electron chi connectivity index (χ1n) is 23.5. The number of aliphatic hydroxyl groups is 2. The lowest BCUT2D eigenvalue weighted by Crippen LogP contribution is -2.70. The summed E-state index contributed by atoms with van der Waals surface area (Å²) in [5.41, 5.74) is 3.81. The zero-order valence-corrected chi connectivity index (χ0v) is 38.0. The largest absolute Gasteiger partial charge is 0.492 e. The number of benzene rings is 3. The van der Waals surface area contributed by atoms with Crippen molar-refractivity contribution in [1.29, 1.82) is 0 Å². The van der Waals surface area contributed by atoms with Gasteiger partial charge in [-0.15, -0.1) is 13.2 Å². The Morgan fingerprint density at radius 1 is 0.940 bits per heavy atom. The van der Waals surface area contributed by atoms with Crippen molar-refractivity contribution < 1.29 is 53.2 Å². The predicted molar refractivity (Wildman–Crippen MR) is 249 cm³/mol. The predicted octanol–water partition coefficient (Wildman–Crippen LogP) is 8.07. The normalized spacial score (nSPS) is 23.8. The van der Waals surface area contributed by atoms with Gasteiger partial charge in [0.25, 0.3) is 5.69 Å². The van der Waals surface area contributed by atoms with Gasteiger partial charge >= 0.3 is 6.09 Å². The third-order valence-corrected chi connectivity index (χ3v) is 13.4. The summed E-state index contributed by atoms with van der Waals surface area (Å²) < 4.78 is 38.4. The summed E-state index contributed by atoms with van der Waals surface area (Å²) in [5, 5.41) is 36.3. The van der Waals surface area contributed by atoms with Gasteiger partial charge in [0, 0.05) is 69.4 Å². The van der Waals surface area contributed by atoms with Crippen LogP contribution in [0.1, 0.15) is 74.0 Å². The first kappa shape index (κ1) is 47.5. The van der Waals surface area contributed by atoms with Gasteiger partial charge in [-0.1, -0.05) is 42.3 Å². The minimum absolute atomic E-state index is 0.00375. The standard InChI is InChI=1S/C51H62N4O12/c1-3-5-26-62-50(58)54(32-36-14-18-45-46(28-36)64-34-63-45)47-31-43(52-66-33-35-12-15-38(16-13-35)55(59)60)41-29-37(10-6-8-23-56)40(11-7-9-24-57)48-42-30-39(61-27-22-53-20-21-53)17-19-44(42)67-51(47,49(41)48)65-25-4-2/h3-4,12-19,28-30,37,40,47-49,56-57H,1-2,5-11,20-27,31-34H2. The number of hydrogen-bond donors (Lipinski definition) is 2. The molecule has 16 nitrogen and oxygen atoms in total. The van der Waals surface area contributed by atoms with Crippen LogP contribution in [0.4, 0.5) is 10.5 Å². The maximum absolute atomic E-state index is 14.8. The number of nitrogens with zero attached hydrogens (tertiary/aromatic N) is 4. The molecule has 67 heavy (non-hydrogen) atoms. The first-order valence-corrected chi connectivity index (χ1v) is 23.5. The van der Waals surface area contributed by atoms with Gasteiger partial charge in [-0.3, -0.25) is 19.9 Å². The molecule has 2 aliphatic carbocycles. The number of oxime groups is 1. The van der Waals surface area contributed by atoms with Crippen LogP contribution in [0.3, 0.4) is 0 Å². The smallest absolute Gasteiger partial charge is 0.410 e. The van der Waals surface area contributed by atoms with E-state index in [0.29, 0.717) is 60.1 Å². The van der Waals surface area contributed by atoms with E-state index < -0.39 is 28.8 Å². The highest BCUT2D eigenvalue weighted by Crippen LogP contribution is 2.62. The van der Waals surface area contributed by atoms with Crippen LogP contribution >= 0.6 is 0 Å². The maximum atomic E-state index is 14.8. The lowest BCUT2D eigenvalue weighted by atomic mass is 9.55. The number of carbonyl (C=O) groups excluding carboxylic acids is 1. The highest BCUT2D eigenvalue weighted by Gasteiger charge is 2.65. The monoisotopic (exact) mass is 922 g/mol.